The molecule has 0 radical (unpaired) electrons. The van der Waals surface area contributed by atoms with Crippen LogP contribution in [0.3, 0.4) is 0 Å². The molecule has 0 unspecified atom stereocenters. The molecule has 96 valence electrons. The van der Waals surface area contributed by atoms with Crippen LogP contribution in [-0.4, -0.2) is 21.3 Å². The summed E-state index contributed by atoms with van der Waals surface area (Å²) in [5.74, 6) is 0.316. The highest BCUT2D eigenvalue weighted by Crippen LogP contribution is 2.24. The highest BCUT2D eigenvalue weighted by Gasteiger charge is 2.17. The maximum atomic E-state index is 12.2. The van der Waals surface area contributed by atoms with Crippen molar-refractivity contribution in [1.82, 2.24) is 15.1 Å². The summed E-state index contributed by atoms with van der Waals surface area (Å²) in [6, 6.07) is 5.24. The van der Waals surface area contributed by atoms with Gasteiger partial charge in [-0.3, -0.25) is 0 Å². The molecule has 7 heteroatoms. The highest BCUT2D eigenvalue weighted by molar-refractivity contribution is 7.98. The number of hydrogen-bond acceptors (Lipinski definition) is 5. The van der Waals surface area contributed by atoms with E-state index in [1.54, 1.807) is 25.1 Å². The Morgan fingerprint density at radius 2 is 2.11 bits per heavy atom. The van der Waals surface area contributed by atoms with Crippen LogP contribution in [-0.2, 0) is 0 Å². The molecule has 0 amide bonds. The van der Waals surface area contributed by atoms with Crippen molar-refractivity contribution in [3.63, 3.8) is 0 Å². The topological polar surface area (TPSA) is 65.8 Å². The Kier molecular flexibility index (Phi) is 2.91. The average Bonchev–Trinajstić information content (AvgIpc) is 2.39. The van der Waals surface area contributed by atoms with Gasteiger partial charge < -0.3 is 5.11 Å². The minimum absolute atomic E-state index is 0.322. The summed E-state index contributed by atoms with van der Waals surface area (Å²) in [7, 11) is 0. The number of benzene rings is 1. The van der Waals surface area contributed by atoms with Gasteiger partial charge in [0.1, 0.15) is 0 Å². The summed E-state index contributed by atoms with van der Waals surface area (Å²) in [5.41, 5.74) is 1.11. The quantitative estimate of drug-likeness (QED) is 0.386. The molecule has 0 spiro atoms. The molecule has 0 saturated heterocycles. The minimum atomic E-state index is -0.322. The van der Waals surface area contributed by atoms with E-state index in [-0.39, 0.29) is 5.88 Å². The van der Waals surface area contributed by atoms with Crippen molar-refractivity contribution >= 4 is 39.8 Å². The number of hydrogen-bond donors (Lipinski definition) is 0. The van der Waals surface area contributed by atoms with Gasteiger partial charge in [-0.2, -0.15) is 0 Å². The van der Waals surface area contributed by atoms with Gasteiger partial charge in [-0.15, -0.1) is 0 Å². The number of aryl methyl sites for hydroxylation is 1. The molecule has 3 rings (SSSR count). The maximum Gasteiger partial charge on any atom is 0.321 e. The molecule has 0 aliphatic heterocycles. The van der Waals surface area contributed by atoms with Crippen molar-refractivity contribution in [3.8, 4) is 5.88 Å². The van der Waals surface area contributed by atoms with E-state index in [1.165, 1.54) is 16.3 Å². The molecule has 0 saturated carbocycles. The molecule has 1 aromatic carbocycles. The van der Waals surface area contributed by atoms with Crippen LogP contribution >= 0.6 is 23.4 Å². The van der Waals surface area contributed by atoms with Crippen molar-refractivity contribution in [3.05, 3.63) is 29.0 Å². The molecule has 0 N–H and O–H groups in total. The molecule has 2 aromatic heterocycles. The molecule has 0 atom stereocenters. The molecule has 0 aliphatic rings. The maximum absolute atomic E-state index is 12.2. The van der Waals surface area contributed by atoms with Gasteiger partial charge in [0.25, 0.3) is 0 Å². The molecule has 5 nitrogen and oxygen atoms in total. The minimum Gasteiger partial charge on any atom is -0.856 e. The Morgan fingerprint density at radius 3 is 2.84 bits per heavy atom. The normalized spacial score (nSPS) is 11.3. The van der Waals surface area contributed by atoms with Crippen molar-refractivity contribution in [2.45, 2.75) is 12.1 Å². The summed E-state index contributed by atoms with van der Waals surface area (Å²) in [6.45, 7) is 1.80. The van der Waals surface area contributed by atoms with Crippen molar-refractivity contribution in [2.24, 2.45) is 0 Å². The van der Waals surface area contributed by atoms with E-state index >= 15 is 0 Å². The zero-order valence-electron chi connectivity index (χ0n) is 10.2. The fourth-order valence-electron chi connectivity index (χ4n) is 1.96. The predicted octanol–water partition coefficient (Wildman–Crippen LogP) is 1.52. The zero-order chi connectivity index (χ0) is 13.6. The van der Waals surface area contributed by atoms with Gasteiger partial charge in [-0.25, -0.2) is 4.98 Å². The van der Waals surface area contributed by atoms with Crippen molar-refractivity contribution in [2.75, 3.05) is 6.26 Å². The van der Waals surface area contributed by atoms with Gasteiger partial charge in [0.2, 0.25) is 5.16 Å². The molecule has 0 bridgehead atoms. The van der Waals surface area contributed by atoms with Crippen LogP contribution in [0.4, 0.5) is 0 Å². The first kappa shape index (κ1) is 12.4. The Bertz CT molecular complexity index is 809. The molecule has 2 heterocycles. The van der Waals surface area contributed by atoms with Crippen LogP contribution in [0, 0.1) is 6.92 Å². The number of fused-ring (bicyclic) bond motifs is 3. The summed E-state index contributed by atoms with van der Waals surface area (Å²) >= 11 is 7.30. The number of aromatic nitrogens is 4. The lowest BCUT2D eigenvalue weighted by molar-refractivity contribution is -0.598. The summed E-state index contributed by atoms with van der Waals surface area (Å²) in [5, 5.41) is 18.1. The Hall–Kier alpha value is -1.66. The number of thioether (sulfide) groups is 1. The fourth-order valence-corrected chi connectivity index (χ4v) is 2.46. The third-order valence-corrected chi connectivity index (χ3v) is 3.56. The van der Waals surface area contributed by atoms with E-state index in [9.17, 15) is 5.11 Å². The van der Waals surface area contributed by atoms with Gasteiger partial charge in [0.15, 0.2) is 11.0 Å². The van der Waals surface area contributed by atoms with Crippen molar-refractivity contribution in [1.29, 1.82) is 0 Å². The van der Waals surface area contributed by atoms with Gasteiger partial charge in [-0.05, 0) is 29.4 Å². The monoisotopic (exact) mass is 292 g/mol. The lowest BCUT2D eigenvalue weighted by Gasteiger charge is -2.09. The Labute approximate surface area is 118 Å². The van der Waals surface area contributed by atoms with Crippen LogP contribution in [0.1, 0.15) is 5.82 Å². The highest BCUT2D eigenvalue weighted by atomic mass is 35.5. The smallest absolute Gasteiger partial charge is 0.321 e. The first-order valence-electron chi connectivity index (χ1n) is 5.51. The first-order valence-corrected chi connectivity index (χ1v) is 7.11. The van der Waals surface area contributed by atoms with E-state index in [4.69, 9.17) is 11.6 Å². The van der Waals surface area contributed by atoms with Crippen LogP contribution in [0.5, 0.6) is 5.88 Å². The predicted molar refractivity (Wildman–Crippen MR) is 71.5 cm³/mol. The number of rotatable bonds is 1. The largest absolute Gasteiger partial charge is 0.856 e. The fraction of sp³-hybridized carbons (Fsp3) is 0.167. The Morgan fingerprint density at radius 1 is 1.32 bits per heavy atom. The molecule has 0 fully saturated rings. The number of nitrogens with zero attached hydrogens (tertiary/aromatic N) is 4. The third-order valence-electron chi connectivity index (χ3n) is 2.78. The van der Waals surface area contributed by atoms with E-state index in [0.29, 0.717) is 32.4 Å². The number of halogens is 1. The molecule has 0 aliphatic carbocycles. The van der Waals surface area contributed by atoms with E-state index in [2.05, 4.69) is 15.1 Å². The van der Waals surface area contributed by atoms with Gasteiger partial charge in [0, 0.05) is 17.8 Å². The lowest BCUT2D eigenvalue weighted by atomic mass is 10.2. The van der Waals surface area contributed by atoms with E-state index in [1.807, 2.05) is 6.26 Å². The van der Waals surface area contributed by atoms with Crippen LogP contribution in [0.25, 0.3) is 16.4 Å². The van der Waals surface area contributed by atoms with Crippen LogP contribution in [0.2, 0.25) is 5.02 Å². The molecular weight excluding hydrogens is 284 g/mol. The van der Waals surface area contributed by atoms with E-state index < -0.39 is 0 Å². The SMILES string of the molecule is CSc1nc([O-])c2c3cc(Cl)ccc3nc(C)[n+]2n1. The summed E-state index contributed by atoms with van der Waals surface area (Å²) < 4.78 is 1.53. The van der Waals surface area contributed by atoms with Gasteiger partial charge >= 0.3 is 5.82 Å². The van der Waals surface area contributed by atoms with Crippen LogP contribution < -0.4 is 9.62 Å². The first-order chi connectivity index (χ1) is 9.10. The molecular formula is C12H9ClN4OS. The third kappa shape index (κ3) is 1.97. The Balaban J connectivity index is 2.56. The summed E-state index contributed by atoms with van der Waals surface area (Å²) in [6.07, 6.45) is 1.82. The van der Waals surface area contributed by atoms with E-state index in [0.717, 1.165) is 0 Å². The second kappa shape index (κ2) is 4.47. The lowest BCUT2D eigenvalue weighted by Crippen LogP contribution is -2.34. The summed E-state index contributed by atoms with van der Waals surface area (Å²) in [4.78, 5) is 8.37. The second-order valence-electron chi connectivity index (χ2n) is 3.98. The molecule has 3 aromatic rings. The van der Waals surface area contributed by atoms with Crippen LogP contribution in [0.15, 0.2) is 23.4 Å². The second-order valence-corrected chi connectivity index (χ2v) is 5.19. The average molecular weight is 293 g/mol. The zero-order valence-corrected chi connectivity index (χ0v) is 11.8. The van der Waals surface area contributed by atoms with Gasteiger partial charge in [0.05, 0.1) is 5.39 Å². The molecule has 19 heavy (non-hydrogen) atoms. The standard InChI is InChI=1S/C12H9ClN4OS/c1-6-14-9-4-3-7(13)5-8(9)10-11(18)15-12(19-2)16-17(6)10/h3-5H,1-2H3. The van der Waals surface area contributed by atoms with Gasteiger partial charge in [-0.1, -0.05) is 33.0 Å². The van der Waals surface area contributed by atoms with Crippen molar-refractivity contribution < 1.29 is 9.62 Å².